The van der Waals surface area contributed by atoms with Gasteiger partial charge in [0.25, 0.3) is 0 Å². The Kier molecular flexibility index (Phi) is 5.04. The minimum atomic E-state index is -3.10. The normalized spacial score (nSPS) is 30.1. The van der Waals surface area contributed by atoms with E-state index in [2.05, 4.69) is 17.6 Å². The third-order valence-electron chi connectivity index (χ3n) is 4.25. The van der Waals surface area contributed by atoms with Crippen LogP contribution in [0.2, 0.25) is 0 Å². The smallest absolute Gasteiger partial charge is 0.237 e. The summed E-state index contributed by atoms with van der Waals surface area (Å²) in [5.74, 6) is 0.647. The Hall–Kier alpha value is -0.660. The molecule has 0 aromatic rings. The van der Waals surface area contributed by atoms with Gasteiger partial charge >= 0.3 is 0 Å². The Morgan fingerprint density at radius 1 is 1.25 bits per heavy atom. The van der Waals surface area contributed by atoms with Crippen LogP contribution in [0.3, 0.4) is 0 Å². The van der Waals surface area contributed by atoms with Crippen molar-refractivity contribution in [3.63, 3.8) is 0 Å². The topological polar surface area (TPSA) is 78.5 Å². The van der Waals surface area contributed by atoms with Crippen molar-refractivity contribution in [2.75, 3.05) is 25.9 Å². The summed E-state index contributed by atoms with van der Waals surface area (Å²) in [5.41, 5.74) is 0. The lowest BCUT2D eigenvalue weighted by molar-refractivity contribution is -0.125. The zero-order valence-corrected chi connectivity index (χ0v) is 13.1. The van der Waals surface area contributed by atoms with Crippen LogP contribution in [0.25, 0.3) is 0 Å². The maximum Gasteiger partial charge on any atom is 0.237 e. The monoisotopic (exact) mass is 303 g/mol. The van der Waals surface area contributed by atoms with Gasteiger partial charge in [-0.3, -0.25) is 4.79 Å². The van der Waals surface area contributed by atoms with Crippen LogP contribution in [-0.2, 0) is 14.8 Å². The molecule has 2 fully saturated rings. The molecule has 2 saturated heterocycles. The van der Waals surface area contributed by atoms with Gasteiger partial charge in [-0.1, -0.05) is 6.92 Å². The fraction of sp³-hybridized carbons (Fsp3) is 0.923. The van der Waals surface area contributed by atoms with Crippen LogP contribution in [0.15, 0.2) is 0 Å². The lowest BCUT2D eigenvalue weighted by Gasteiger charge is -2.33. The molecule has 20 heavy (non-hydrogen) atoms. The molecule has 0 aromatic carbocycles. The third kappa shape index (κ3) is 4.17. The number of rotatable bonds is 3. The number of nitrogens with zero attached hydrogens (tertiary/aromatic N) is 1. The zero-order chi connectivity index (χ0) is 14.8. The molecule has 2 aliphatic rings. The summed E-state index contributed by atoms with van der Waals surface area (Å²) < 4.78 is 24.3. The number of hydrogen-bond acceptors (Lipinski definition) is 4. The number of piperidine rings is 2. The van der Waals surface area contributed by atoms with Gasteiger partial charge in [0.2, 0.25) is 15.9 Å². The van der Waals surface area contributed by atoms with Crippen LogP contribution >= 0.6 is 0 Å². The molecule has 0 spiro atoms. The minimum Gasteiger partial charge on any atom is -0.352 e. The first kappa shape index (κ1) is 15.7. The summed E-state index contributed by atoms with van der Waals surface area (Å²) in [6.07, 6.45) is 4.63. The highest BCUT2D eigenvalue weighted by Gasteiger charge is 2.29. The summed E-state index contributed by atoms with van der Waals surface area (Å²) in [6.45, 7) is 4.06. The number of hydrogen-bond donors (Lipinski definition) is 2. The van der Waals surface area contributed by atoms with Crippen molar-refractivity contribution >= 4 is 15.9 Å². The van der Waals surface area contributed by atoms with Gasteiger partial charge in [0, 0.05) is 19.1 Å². The largest absolute Gasteiger partial charge is 0.352 e. The van der Waals surface area contributed by atoms with Crippen molar-refractivity contribution in [1.29, 1.82) is 0 Å². The van der Waals surface area contributed by atoms with Gasteiger partial charge in [0.05, 0.1) is 12.3 Å². The number of sulfonamides is 1. The van der Waals surface area contributed by atoms with Crippen LogP contribution in [0.1, 0.15) is 32.6 Å². The highest BCUT2D eigenvalue weighted by molar-refractivity contribution is 7.88. The maximum atomic E-state index is 12.2. The molecule has 0 aromatic heterocycles. The summed E-state index contributed by atoms with van der Waals surface area (Å²) in [5, 5.41) is 6.31. The Morgan fingerprint density at radius 2 is 1.90 bits per heavy atom. The summed E-state index contributed by atoms with van der Waals surface area (Å²) in [6, 6.07) is 0.00576. The molecule has 2 rings (SSSR count). The Bertz CT molecular complexity index is 444. The SMILES string of the molecule is CC1CCNC(C(=O)NC2CCN(S(C)(=O)=O)CC2)C1. The maximum absolute atomic E-state index is 12.2. The van der Waals surface area contributed by atoms with Crippen LogP contribution in [0.4, 0.5) is 0 Å². The first-order chi connectivity index (χ1) is 9.36. The van der Waals surface area contributed by atoms with Gasteiger partial charge in [-0.15, -0.1) is 0 Å². The molecule has 2 atom stereocenters. The highest BCUT2D eigenvalue weighted by Crippen LogP contribution is 2.17. The zero-order valence-electron chi connectivity index (χ0n) is 12.3. The van der Waals surface area contributed by atoms with Crippen molar-refractivity contribution in [1.82, 2.24) is 14.9 Å². The molecule has 1 amide bonds. The number of amides is 1. The second-order valence-electron chi connectivity index (χ2n) is 6.08. The number of nitrogens with one attached hydrogen (secondary N) is 2. The second-order valence-corrected chi connectivity index (χ2v) is 8.06. The average molecular weight is 303 g/mol. The standard InChI is InChI=1S/C13H25N3O3S/c1-10-3-6-14-12(9-10)13(17)15-11-4-7-16(8-5-11)20(2,18)19/h10-12,14H,3-9H2,1-2H3,(H,15,17). The summed E-state index contributed by atoms with van der Waals surface area (Å²) >= 11 is 0. The van der Waals surface area contributed by atoms with Crippen LogP contribution in [0, 0.1) is 5.92 Å². The van der Waals surface area contributed by atoms with Crippen LogP contribution in [-0.4, -0.2) is 56.6 Å². The quantitative estimate of drug-likeness (QED) is 0.764. The van der Waals surface area contributed by atoms with E-state index < -0.39 is 10.0 Å². The van der Waals surface area contributed by atoms with E-state index in [-0.39, 0.29) is 18.0 Å². The molecule has 116 valence electrons. The van der Waals surface area contributed by atoms with E-state index in [1.807, 2.05) is 0 Å². The van der Waals surface area contributed by atoms with Crippen molar-refractivity contribution in [2.24, 2.45) is 5.92 Å². The molecule has 0 bridgehead atoms. The average Bonchev–Trinajstić information content (AvgIpc) is 2.38. The Morgan fingerprint density at radius 3 is 2.45 bits per heavy atom. The first-order valence-corrected chi connectivity index (χ1v) is 9.20. The molecule has 2 heterocycles. The Labute approximate surface area is 121 Å². The van der Waals surface area contributed by atoms with Crippen molar-refractivity contribution < 1.29 is 13.2 Å². The second kappa shape index (κ2) is 6.41. The van der Waals surface area contributed by atoms with Crippen molar-refractivity contribution in [3.8, 4) is 0 Å². The number of carbonyl (C=O) groups is 1. The van der Waals surface area contributed by atoms with E-state index in [9.17, 15) is 13.2 Å². The van der Waals surface area contributed by atoms with Gasteiger partial charge in [0.15, 0.2) is 0 Å². The number of carbonyl (C=O) groups excluding carboxylic acids is 1. The molecule has 0 aliphatic carbocycles. The third-order valence-corrected chi connectivity index (χ3v) is 5.55. The van der Waals surface area contributed by atoms with E-state index in [0.717, 1.165) is 19.4 Å². The molecular weight excluding hydrogens is 278 g/mol. The fourth-order valence-electron chi connectivity index (χ4n) is 2.94. The molecular formula is C13H25N3O3S. The van der Waals surface area contributed by atoms with Crippen molar-refractivity contribution in [2.45, 2.75) is 44.7 Å². The fourth-order valence-corrected chi connectivity index (χ4v) is 3.81. The van der Waals surface area contributed by atoms with Crippen LogP contribution in [0.5, 0.6) is 0 Å². The highest BCUT2D eigenvalue weighted by atomic mass is 32.2. The predicted molar refractivity (Wildman–Crippen MR) is 77.8 cm³/mol. The van der Waals surface area contributed by atoms with E-state index >= 15 is 0 Å². The lowest BCUT2D eigenvalue weighted by Crippen LogP contribution is -2.53. The van der Waals surface area contributed by atoms with E-state index in [0.29, 0.717) is 31.8 Å². The summed E-state index contributed by atoms with van der Waals surface area (Å²) in [7, 11) is -3.10. The van der Waals surface area contributed by atoms with Crippen LogP contribution < -0.4 is 10.6 Å². The van der Waals surface area contributed by atoms with Gasteiger partial charge in [0.1, 0.15) is 0 Å². The molecule has 7 heteroatoms. The minimum absolute atomic E-state index is 0.0642. The molecule has 2 aliphatic heterocycles. The summed E-state index contributed by atoms with van der Waals surface area (Å²) in [4.78, 5) is 12.2. The van der Waals surface area contributed by atoms with Crippen molar-refractivity contribution in [3.05, 3.63) is 0 Å². The predicted octanol–water partition coefficient (Wildman–Crippen LogP) is -0.0853. The first-order valence-electron chi connectivity index (χ1n) is 7.35. The molecule has 2 unspecified atom stereocenters. The van der Waals surface area contributed by atoms with E-state index in [1.165, 1.54) is 10.6 Å². The van der Waals surface area contributed by atoms with E-state index in [4.69, 9.17) is 0 Å². The van der Waals surface area contributed by atoms with Gasteiger partial charge in [-0.05, 0) is 38.1 Å². The van der Waals surface area contributed by atoms with E-state index in [1.54, 1.807) is 0 Å². The van der Waals surface area contributed by atoms with Gasteiger partial charge in [-0.2, -0.15) is 0 Å². The molecule has 6 nitrogen and oxygen atoms in total. The van der Waals surface area contributed by atoms with Gasteiger partial charge < -0.3 is 10.6 Å². The molecule has 2 N–H and O–H groups in total. The molecule has 0 saturated carbocycles. The Balaban J connectivity index is 1.79. The molecule has 0 radical (unpaired) electrons. The lowest BCUT2D eigenvalue weighted by atomic mass is 9.93. The van der Waals surface area contributed by atoms with Gasteiger partial charge in [-0.25, -0.2) is 12.7 Å².